The molecule has 0 saturated carbocycles. The molecule has 2 rings (SSSR count). The molecule has 0 aliphatic carbocycles. The van der Waals surface area contributed by atoms with Crippen molar-refractivity contribution in [3.63, 3.8) is 0 Å². The minimum atomic E-state index is -0.796. The molecule has 2 aromatic rings. The summed E-state index contributed by atoms with van der Waals surface area (Å²) in [4.78, 5) is 4.02. The second kappa shape index (κ2) is 3.68. The lowest BCUT2D eigenvalue weighted by atomic mass is 10.2. The van der Waals surface area contributed by atoms with Gasteiger partial charge in [0.25, 0.3) is 0 Å². The molecule has 0 amide bonds. The highest BCUT2D eigenvalue weighted by atomic mass is 35.5. The van der Waals surface area contributed by atoms with Crippen LogP contribution in [-0.4, -0.2) is 19.9 Å². The van der Waals surface area contributed by atoms with Crippen LogP contribution < -0.4 is 0 Å². The zero-order valence-electron chi connectivity index (χ0n) is 7.38. The summed E-state index contributed by atoms with van der Waals surface area (Å²) in [6.45, 7) is 0. The molecule has 4 nitrogen and oxygen atoms in total. The van der Waals surface area contributed by atoms with Gasteiger partial charge >= 0.3 is 0 Å². The molecule has 6 heteroatoms. The quantitative estimate of drug-likeness (QED) is 0.851. The molecule has 0 radical (unpaired) electrons. The fourth-order valence-corrected chi connectivity index (χ4v) is 2.11. The Hall–Kier alpha value is -0.910. The van der Waals surface area contributed by atoms with Crippen molar-refractivity contribution in [2.75, 3.05) is 0 Å². The maximum Gasteiger partial charge on any atom is 0.148 e. The van der Waals surface area contributed by atoms with Crippen LogP contribution in [0.15, 0.2) is 17.8 Å². The Morgan fingerprint density at radius 3 is 2.93 bits per heavy atom. The van der Waals surface area contributed by atoms with Gasteiger partial charge in [-0.3, -0.25) is 4.68 Å². The van der Waals surface area contributed by atoms with Crippen LogP contribution in [0.2, 0.25) is 5.02 Å². The summed E-state index contributed by atoms with van der Waals surface area (Å²) in [5, 5.41) is 16.8. The summed E-state index contributed by atoms with van der Waals surface area (Å²) >= 11 is 7.28. The SMILES string of the molecule is Cn1ncc(Cl)c1C(O)c1nccs1. The van der Waals surface area contributed by atoms with Gasteiger partial charge in [-0.15, -0.1) is 11.3 Å². The summed E-state index contributed by atoms with van der Waals surface area (Å²) in [6, 6.07) is 0. The van der Waals surface area contributed by atoms with E-state index in [4.69, 9.17) is 11.6 Å². The third kappa shape index (κ3) is 1.54. The topological polar surface area (TPSA) is 50.9 Å². The van der Waals surface area contributed by atoms with Gasteiger partial charge in [-0.2, -0.15) is 5.10 Å². The van der Waals surface area contributed by atoms with Gasteiger partial charge in [-0.05, 0) is 0 Å². The van der Waals surface area contributed by atoms with Crippen LogP contribution in [-0.2, 0) is 7.05 Å². The minimum Gasteiger partial charge on any atom is -0.379 e. The van der Waals surface area contributed by atoms with E-state index in [1.165, 1.54) is 17.5 Å². The highest BCUT2D eigenvalue weighted by Crippen LogP contribution is 2.28. The third-order valence-corrected chi connectivity index (χ3v) is 3.00. The predicted molar refractivity (Wildman–Crippen MR) is 54.4 cm³/mol. The molecule has 0 saturated heterocycles. The lowest BCUT2D eigenvalue weighted by Crippen LogP contribution is -2.06. The van der Waals surface area contributed by atoms with Crippen molar-refractivity contribution in [1.29, 1.82) is 0 Å². The number of rotatable bonds is 2. The van der Waals surface area contributed by atoms with Gasteiger partial charge in [-0.1, -0.05) is 11.6 Å². The van der Waals surface area contributed by atoms with E-state index in [2.05, 4.69) is 10.1 Å². The lowest BCUT2D eigenvalue weighted by Gasteiger charge is -2.08. The van der Waals surface area contributed by atoms with Crippen molar-refractivity contribution in [3.8, 4) is 0 Å². The molecule has 0 aliphatic rings. The molecule has 1 atom stereocenters. The van der Waals surface area contributed by atoms with E-state index in [0.717, 1.165) is 0 Å². The van der Waals surface area contributed by atoms with E-state index in [9.17, 15) is 5.11 Å². The Kier molecular flexibility index (Phi) is 2.54. The van der Waals surface area contributed by atoms with Crippen molar-refractivity contribution in [2.24, 2.45) is 7.05 Å². The number of hydrogen-bond donors (Lipinski definition) is 1. The van der Waals surface area contributed by atoms with Crippen molar-refractivity contribution < 1.29 is 5.11 Å². The maximum atomic E-state index is 9.93. The van der Waals surface area contributed by atoms with E-state index in [-0.39, 0.29) is 0 Å². The first-order chi connectivity index (χ1) is 6.70. The zero-order valence-corrected chi connectivity index (χ0v) is 8.96. The number of thiazole rings is 1. The zero-order chi connectivity index (χ0) is 10.1. The Morgan fingerprint density at radius 1 is 1.64 bits per heavy atom. The molecule has 0 spiro atoms. The van der Waals surface area contributed by atoms with Crippen LogP contribution in [0, 0.1) is 0 Å². The summed E-state index contributed by atoms with van der Waals surface area (Å²) < 4.78 is 1.55. The number of aryl methyl sites for hydroxylation is 1. The molecule has 74 valence electrons. The van der Waals surface area contributed by atoms with Gasteiger partial charge in [0.15, 0.2) is 0 Å². The molecule has 2 heterocycles. The van der Waals surface area contributed by atoms with E-state index < -0.39 is 6.10 Å². The molecule has 2 aromatic heterocycles. The van der Waals surface area contributed by atoms with Gasteiger partial charge in [0, 0.05) is 18.6 Å². The highest BCUT2D eigenvalue weighted by Gasteiger charge is 2.20. The number of halogens is 1. The van der Waals surface area contributed by atoms with E-state index >= 15 is 0 Å². The van der Waals surface area contributed by atoms with E-state index in [1.807, 2.05) is 5.38 Å². The van der Waals surface area contributed by atoms with Crippen LogP contribution >= 0.6 is 22.9 Å². The standard InChI is InChI=1S/C8H8ClN3OS/c1-12-6(5(9)4-11-12)7(13)8-10-2-3-14-8/h2-4,7,13H,1H3. The summed E-state index contributed by atoms with van der Waals surface area (Å²) in [5.74, 6) is 0. The predicted octanol–water partition coefficient (Wildman–Crippen LogP) is 1.61. The molecule has 0 aromatic carbocycles. The number of aromatic nitrogens is 3. The third-order valence-electron chi connectivity index (χ3n) is 1.88. The van der Waals surface area contributed by atoms with Crippen LogP contribution in [0.25, 0.3) is 0 Å². The van der Waals surface area contributed by atoms with Gasteiger partial charge < -0.3 is 5.11 Å². The van der Waals surface area contributed by atoms with Crippen LogP contribution in [0.1, 0.15) is 16.8 Å². The molecule has 14 heavy (non-hydrogen) atoms. The number of nitrogens with zero attached hydrogens (tertiary/aromatic N) is 3. The normalized spacial score (nSPS) is 13.1. The lowest BCUT2D eigenvalue weighted by molar-refractivity contribution is 0.209. The first kappa shape index (κ1) is 9.64. The van der Waals surface area contributed by atoms with Crippen molar-refractivity contribution in [3.05, 3.63) is 33.5 Å². The molecule has 1 N–H and O–H groups in total. The maximum absolute atomic E-state index is 9.93. The fraction of sp³-hybridized carbons (Fsp3) is 0.250. The van der Waals surface area contributed by atoms with Gasteiger partial charge in [0.1, 0.15) is 11.1 Å². The summed E-state index contributed by atoms with van der Waals surface area (Å²) in [5.41, 5.74) is 0.571. The van der Waals surface area contributed by atoms with E-state index in [0.29, 0.717) is 15.7 Å². The minimum absolute atomic E-state index is 0.454. The largest absolute Gasteiger partial charge is 0.379 e. The van der Waals surface area contributed by atoms with Crippen molar-refractivity contribution >= 4 is 22.9 Å². The number of aliphatic hydroxyl groups is 1. The Bertz CT molecular complexity index is 406. The van der Waals surface area contributed by atoms with Gasteiger partial charge in [0.2, 0.25) is 0 Å². The van der Waals surface area contributed by atoms with Crippen molar-refractivity contribution in [1.82, 2.24) is 14.8 Å². The Balaban J connectivity index is 2.41. The Morgan fingerprint density at radius 2 is 2.43 bits per heavy atom. The fourth-order valence-electron chi connectivity index (χ4n) is 1.21. The van der Waals surface area contributed by atoms with E-state index in [1.54, 1.807) is 17.9 Å². The number of hydrogen-bond acceptors (Lipinski definition) is 4. The summed E-state index contributed by atoms with van der Waals surface area (Å²) in [7, 11) is 1.73. The molecular weight excluding hydrogens is 222 g/mol. The van der Waals surface area contributed by atoms with Gasteiger partial charge in [0.05, 0.1) is 16.9 Å². The number of aliphatic hydroxyl groups excluding tert-OH is 1. The smallest absolute Gasteiger partial charge is 0.148 e. The van der Waals surface area contributed by atoms with Crippen LogP contribution in [0.3, 0.4) is 0 Å². The average Bonchev–Trinajstić information content (AvgIpc) is 2.75. The molecule has 1 unspecified atom stereocenters. The average molecular weight is 230 g/mol. The monoisotopic (exact) mass is 229 g/mol. The molecule has 0 bridgehead atoms. The second-order valence-corrected chi connectivity index (χ2v) is 4.11. The first-order valence-electron chi connectivity index (χ1n) is 3.95. The second-order valence-electron chi connectivity index (χ2n) is 2.77. The highest BCUT2D eigenvalue weighted by molar-refractivity contribution is 7.09. The first-order valence-corrected chi connectivity index (χ1v) is 5.20. The van der Waals surface area contributed by atoms with Crippen LogP contribution in [0.4, 0.5) is 0 Å². The summed E-state index contributed by atoms with van der Waals surface area (Å²) in [6.07, 6.45) is 2.36. The van der Waals surface area contributed by atoms with Gasteiger partial charge in [-0.25, -0.2) is 4.98 Å². The van der Waals surface area contributed by atoms with Crippen molar-refractivity contribution in [2.45, 2.75) is 6.10 Å². The molecule has 0 aliphatic heterocycles. The Labute approximate surface area is 89.8 Å². The molecule has 0 fully saturated rings. The molecular formula is C8H8ClN3OS. The van der Waals surface area contributed by atoms with Crippen LogP contribution in [0.5, 0.6) is 0 Å².